The fourth-order valence-electron chi connectivity index (χ4n) is 2.14. The summed E-state index contributed by atoms with van der Waals surface area (Å²) >= 11 is 0. The highest BCUT2D eigenvalue weighted by molar-refractivity contribution is 7.92. The van der Waals surface area contributed by atoms with E-state index in [0.717, 1.165) is 6.26 Å². The van der Waals surface area contributed by atoms with Gasteiger partial charge in [0.1, 0.15) is 0 Å². The minimum atomic E-state index is -3.53. The Labute approximate surface area is 148 Å². The van der Waals surface area contributed by atoms with Crippen molar-refractivity contribution >= 4 is 33.2 Å². The third-order valence-corrected chi connectivity index (χ3v) is 4.46. The molecule has 25 heavy (non-hydrogen) atoms. The number of benzene rings is 1. The summed E-state index contributed by atoms with van der Waals surface area (Å²) in [6, 6.07) is 6.39. The predicted molar refractivity (Wildman–Crippen MR) is 97.1 cm³/mol. The number of sulfonamides is 1. The number of hydrogen-bond acceptors (Lipinski definition) is 5. The number of hydrogen-bond donors (Lipinski definition) is 2. The first-order valence-corrected chi connectivity index (χ1v) is 9.70. The van der Waals surface area contributed by atoms with Gasteiger partial charge in [0.25, 0.3) is 0 Å². The zero-order valence-corrected chi connectivity index (χ0v) is 15.6. The Morgan fingerprint density at radius 1 is 1.20 bits per heavy atom. The van der Waals surface area contributed by atoms with Crippen LogP contribution in [-0.2, 0) is 24.3 Å². The zero-order chi connectivity index (χ0) is 18.9. The lowest BCUT2D eigenvalue weighted by Gasteiger charge is -2.22. The molecule has 0 unspecified atom stereocenters. The number of carbonyl (C=O) groups excluding carboxylic acids is 2. The molecule has 0 aromatic heterocycles. The summed E-state index contributed by atoms with van der Waals surface area (Å²) in [5.41, 5.74) is 1.00. The number of nitrogens with zero attached hydrogens (tertiary/aromatic N) is 1. The third kappa shape index (κ3) is 7.99. The second-order valence-corrected chi connectivity index (χ2v) is 7.42. The summed E-state index contributed by atoms with van der Waals surface area (Å²) < 4.78 is 30.1. The summed E-state index contributed by atoms with van der Waals surface area (Å²) in [6.07, 6.45) is 1.83. The summed E-state index contributed by atoms with van der Waals surface area (Å²) in [5.74, 6) is -0.433. The van der Waals surface area contributed by atoms with E-state index in [-0.39, 0.29) is 24.8 Å². The molecule has 0 aliphatic carbocycles. The van der Waals surface area contributed by atoms with E-state index >= 15 is 0 Å². The lowest BCUT2D eigenvalue weighted by atomic mass is 10.2. The van der Waals surface area contributed by atoms with Gasteiger partial charge >= 0.3 is 0 Å². The normalized spacial score (nSPS) is 11.0. The van der Waals surface area contributed by atoms with Crippen LogP contribution in [-0.4, -0.2) is 53.3 Å². The molecule has 0 radical (unpaired) electrons. The second-order valence-electron chi connectivity index (χ2n) is 5.51. The highest BCUT2D eigenvalue weighted by atomic mass is 32.2. The number of rotatable bonds is 10. The van der Waals surface area contributed by atoms with E-state index in [1.54, 1.807) is 31.4 Å². The van der Waals surface area contributed by atoms with Gasteiger partial charge in [-0.1, -0.05) is 0 Å². The maximum Gasteiger partial charge on any atom is 0.232 e. The zero-order valence-electron chi connectivity index (χ0n) is 14.7. The molecule has 0 aliphatic rings. The van der Waals surface area contributed by atoms with Gasteiger partial charge in [-0.05, 0) is 30.7 Å². The average Bonchev–Trinajstić information content (AvgIpc) is 2.51. The highest BCUT2D eigenvalue weighted by Crippen LogP contribution is 2.20. The van der Waals surface area contributed by atoms with Crippen LogP contribution in [0.1, 0.15) is 19.8 Å². The van der Waals surface area contributed by atoms with E-state index in [1.165, 1.54) is 11.2 Å². The fourth-order valence-corrected chi connectivity index (χ4v) is 3.06. The van der Waals surface area contributed by atoms with Crippen molar-refractivity contribution in [3.8, 4) is 0 Å². The predicted octanol–water partition coefficient (Wildman–Crippen LogP) is 0.954. The monoisotopic (exact) mass is 371 g/mol. The minimum Gasteiger partial charge on any atom is -0.385 e. The van der Waals surface area contributed by atoms with Gasteiger partial charge in [-0.25, -0.2) is 8.42 Å². The summed E-state index contributed by atoms with van der Waals surface area (Å²) in [5, 5.41) is 5.33. The molecule has 0 saturated heterocycles. The molecule has 0 bridgehead atoms. The van der Waals surface area contributed by atoms with E-state index in [9.17, 15) is 18.0 Å². The molecule has 0 heterocycles. The van der Waals surface area contributed by atoms with Crippen LogP contribution in [0.25, 0.3) is 0 Å². The number of amides is 2. The highest BCUT2D eigenvalue weighted by Gasteiger charge is 2.18. The molecule has 0 fully saturated rings. The molecule has 2 amide bonds. The summed E-state index contributed by atoms with van der Waals surface area (Å²) in [4.78, 5) is 22.8. The van der Waals surface area contributed by atoms with E-state index < -0.39 is 10.0 Å². The maximum absolute atomic E-state index is 12.0. The minimum absolute atomic E-state index is 0.0361. The smallest absolute Gasteiger partial charge is 0.232 e. The van der Waals surface area contributed by atoms with Gasteiger partial charge in [-0.15, -0.1) is 0 Å². The SMILES string of the molecule is COCCCNC(=O)CCN(c1ccc(NC(C)=O)cc1)S(C)(=O)=O. The summed E-state index contributed by atoms with van der Waals surface area (Å²) in [6.45, 7) is 2.46. The number of nitrogens with one attached hydrogen (secondary N) is 2. The van der Waals surface area contributed by atoms with E-state index in [1.807, 2.05) is 0 Å². The molecule has 1 aromatic rings. The molecule has 140 valence electrons. The van der Waals surface area contributed by atoms with Gasteiger partial charge in [-0.2, -0.15) is 0 Å². The molecule has 2 N–H and O–H groups in total. The van der Waals surface area contributed by atoms with E-state index in [4.69, 9.17) is 4.74 Å². The average molecular weight is 371 g/mol. The van der Waals surface area contributed by atoms with E-state index in [0.29, 0.717) is 30.9 Å². The first kappa shape index (κ1) is 20.9. The Kier molecular flexibility index (Phi) is 8.36. The van der Waals surface area contributed by atoms with Crippen molar-refractivity contribution in [2.75, 3.05) is 42.7 Å². The van der Waals surface area contributed by atoms with Crippen molar-refractivity contribution in [3.63, 3.8) is 0 Å². The first-order chi connectivity index (χ1) is 11.7. The molecule has 0 saturated carbocycles. The quantitative estimate of drug-likeness (QED) is 0.596. The van der Waals surface area contributed by atoms with Crippen molar-refractivity contribution < 1.29 is 22.7 Å². The topological polar surface area (TPSA) is 105 Å². The van der Waals surface area contributed by atoms with Gasteiger partial charge in [-0.3, -0.25) is 13.9 Å². The van der Waals surface area contributed by atoms with Gasteiger partial charge in [0.2, 0.25) is 21.8 Å². The molecular formula is C16H25N3O5S. The number of anilines is 2. The van der Waals surface area contributed by atoms with Crippen LogP contribution in [0, 0.1) is 0 Å². The number of carbonyl (C=O) groups is 2. The molecule has 0 aliphatic heterocycles. The Morgan fingerprint density at radius 3 is 2.36 bits per heavy atom. The number of ether oxygens (including phenoxy) is 1. The van der Waals surface area contributed by atoms with Gasteiger partial charge in [0, 0.05) is 45.8 Å². The lowest BCUT2D eigenvalue weighted by molar-refractivity contribution is -0.121. The van der Waals surface area contributed by atoms with Crippen molar-refractivity contribution in [3.05, 3.63) is 24.3 Å². The van der Waals surface area contributed by atoms with Crippen molar-refractivity contribution in [2.24, 2.45) is 0 Å². The van der Waals surface area contributed by atoms with Crippen molar-refractivity contribution in [1.82, 2.24) is 5.32 Å². The third-order valence-electron chi connectivity index (χ3n) is 3.27. The lowest BCUT2D eigenvalue weighted by Crippen LogP contribution is -2.35. The Morgan fingerprint density at radius 2 is 1.84 bits per heavy atom. The molecule has 9 heteroatoms. The molecule has 0 atom stereocenters. The van der Waals surface area contributed by atoms with Crippen LogP contribution in [0.15, 0.2) is 24.3 Å². The van der Waals surface area contributed by atoms with Crippen LogP contribution in [0.5, 0.6) is 0 Å². The van der Waals surface area contributed by atoms with Crippen LogP contribution >= 0.6 is 0 Å². The first-order valence-electron chi connectivity index (χ1n) is 7.85. The molecule has 8 nitrogen and oxygen atoms in total. The van der Waals surface area contributed by atoms with Crippen molar-refractivity contribution in [1.29, 1.82) is 0 Å². The van der Waals surface area contributed by atoms with Crippen LogP contribution in [0.4, 0.5) is 11.4 Å². The molecule has 1 aromatic carbocycles. The second kappa shape index (κ2) is 10.00. The standard InChI is InChI=1S/C16H25N3O5S/c1-13(20)18-14-5-7-15(8-6-14)19(25(3,22)23)11-9-16(21)17-10-4-12-24-2/h5-8H,4,9-12H2,1-3H3,(H,17,21)(H,18,20). The molecule has 0 spiro atoms. The van der Waals surface area contributed by atoms with Gasteiger partial charge < -0.3 is 15.4 Å². The fraction of sp³-hybridized carbons (Fsp3) is 0.500. The number of methoxy groups -OCH3 is 1. The largest absolute Gasteiger partial charge is 0.385 e. The van der Waals surface area contributed by atoms with Gasteiger partial charge in [0.05, 0.1) is 11.9 Å². The van der Waals surface area contributed by atoms with E-state index in [2.05, 4.69) is 10.6 Å². The van der Waals surface area contributed by atoms with Gasteiger partial charge in [0.15, 0.2) is 0 Å². The van der Waals surface area contributed by atoms with Crippen LogP contribution in [0.2, 0.25) is 0 Å². The molecule has 1 rings (SSSR count). The Bertz CT molecular complexity index is 674. The van der Waals surface area contributed by atoms with Crippen LogP contribution < -0.4 is 14.9 Å². The maximum atomic E-state index is 12.0. The Balaban J connectivity index is 2.69. The Hall–Kier alpha value is -2.13. The van der Waals surface area contributed by atoms with Crippen LogP contribution in [0.3, 0.4) is 0 Å². The molecular weight excluding hydrogens is 346 g/mol. The van der Waals surface area contributed by atoms with Crippen molar-refractivity contribution in [2.45, 2.75) is 19.8 Å². The summed E-state index contributed by atoms with van der Waals surface area (Å²) in [7, 11) is -1.95.